The number of aliphatic hydroxyl groups excluding tert-OH is 1. The maximum atomic E-state index is 13.3. The van der Waals surface area contributed by atoms with Crippen molar-refractivity contribution in [2.45, 2.75) is 468 Å². The molecule has 7 aliphatic carbocycles. The normalized spacial score (nSPS) is 25.8. The van der Waals surface area contributed by atoms with E-state index in [-0.39, 0.29) is 47.6 Å². The first-order valence-electron chi connectivity index (χ1n) is 61.5. The highest BCUT2D eigenvalue weighted by atomic mass is 19.1. The van der Waals surface area contributed by atoms with Gasteiger partial charge in [-0.1, -0.05) is 305 Å². The zero-order chi connectivity index (χ0) is 112. The van der Waals surface area contributed by atoms with Gasteiger partial charge in [0.05, 0.1) is 30.2 Å². The summed E-state index contributed by atoms with van der Waals surface area (Å²) in [7, 11) is 0. The summed E-state index contributed by atoms with van der Waals surface area (Å²) >= 11 is 0. The molecule has 12 fully saturated rings. The number of piperidine rings is 5. The van der Waals surface area contributed by atoms with Crippen LogP contribution in [0.15, 0.2) is 84.9 Å². The molecule has 7 atom stereocenters. The zero-order valence-corrected chi connectivity index (χ0v) is 101. The smallest absolute Gasteiger partial charge is 0.243 e. The Balaban J connectivity index is 0.000000347. The van der Waals surface area contributed by atoms with Crippen molar-refractivity contribution < 1.29 is 42.7 Å². The summed E-state index contributed by atoms with van der Waals surface area (Å²) in [6, 6.07) is 32.9. The van der Waals surface area contributed by atoms with Gasteiger partial charge in [0.2, 0.25) is 23.6 Å². The number of ketones is 2. The summed E-state index contributed by atoms with van der Waals surface area (Å²) in [6.45, 7) is 71.7. The highest BCUT2D eigenvalue weighted by Gasteiger charge is 2.53. The van der Waals surface area contributed by atoms with Gasteiger partial charge < -0.3 is 40.7 Å². The van der Waals surface area contributed by atoms with Gasteiger partial charge in [0.15, 0.2) is 11.6 Å². The quantitative estimate of drug-likeness (QED) is 0.0616. The molecule has 150 heavy (non-hydrogen) atoms. The second kappa shape index (κ2) is 73.2. The summed E-state index contributed by atoms with van der Waals surface area (Å²) in [5.41, 5.74) is 3.18. The van der Waals surface area contributed by atoms with Crippen molar-refractivity contribution in [3.8, 4) is 12.1 Å². The lowest BCUT2D eigenvalue weighted by Crippen LogP contribution is -2.44. The molecule has 4 amide bonds. The Kier molecular flexibility index (Phi) is 66.3. The molecule has 5 saturated heterocycles. The van der Waals surface area contributed by atoms with E-state index < -0.39 is 11.6 Å². The highest BCUT2D eigenvalue weighted by Crippen LogP contribution is 2.48. The number of hydrogen-bond donors (Lipinski definition) is 4. The number of halogens is 2. The van der Waals surface area contributed by atoms with E-state index in [9.17, 15) is 42.7 Å². The first-order valence-corrected chi connectivity index (χ1v) is 61.5. The van der Waals surface area contributed by atoms with Crippen molar-refractivity contribution in [3.63, 3.8) is 0 Å². The lowest BCUT2D eigenvalue weighted by molar-refractivity contribution is -0.137. The number of aliphatic hydroxyl groups is 1. The van der Waals surface area contributed by atoms with Gasteiger partial charge in [-0.3, -0.25) is 28.8 Å². The summed E-state index contributed by atoms with van der Waals surface area (Å²) in [4.78, 5) is 80.5. The van der Waals surface area contributed by atoms with E-state index in [2.05, 4.69) is 209 Å². The van der Waals surface area contributed by atoms with Crippen LogP contribution in [0, 0.1) is 157 Å². The number of benzene rings is 3. The summed E-state index contributed by atoms with van der Waals surface area (Å²) in [5.74, 6) is 15.8. The van der Waals surface area contributed by atoms with E-state index in [1.807, 2.05) is 99.3 Å². The minimum atomic E-state index is -0.649. The third kappa shape index (κ3) is 54.5. The number of Topliss-reactive ketones (excluding diaryl/α,β-unsaturated/α-hetero) is 2. The van der Waals surface area contributed by atoms with Crippen LogP contribution in [-0.4, -0.2) is 169 Å². The van der Waals surface area contributed by atoms with Crippen molar-refractivity contribution in [1.82, 2.24) is 35.6 Å². The van der Waals surface area contributed by atoms with Gasteiger partial charge in [0.25, 0.3) is 0 Å². The van der Waals surface area contributed by atoms with Crippen LogP contribution in [0.25, 0.3) is 0 Å². The van der Waals surface area contributed by atoms with E-state index in [4.69, 9.17) is 10.5 Å². The van der Waals surface area contributed by atoms with Crippen molar-refractivity contribution in [2.75, 3.05) is 78.7 Å². The molecule has 3 aromatic carbocycles. The van der Waals surface area contributed by atoms with E-state index in [0.717, 1.165) is 205 Å². The minimum Gasteiger partial charge on any atom is -0.393 e. The van der Waals surface area contributed by atoms with Crippen molar-refractivity contribution in [2.24, 2.45) is 135 Å². The first kappa shape index (κ1) is 136. The van der Waals surface area contributed by atoms with Crippen molar-refractivity contribution >= 4 is 35.2 Å². The Morgan fingerprint density at radius 2 is 0.893 bits per heavy atom. The first-order chi connectivity index (χ1) is 71.2. The van der Waals surface area contributed by atoms with Crippen LogP contribution in [0.2, 0.25) is 0 Å². The molecule has 18 heteroatoms. The van der Waals surface area contributed by atoms with Crippen LogP contribution < -0.4 is 16.0 Å². The molecule has 2 unspecified atom stereocenters. The number of likely N-dealkylation sites (tertiary alicyclic amines) is 4. The predicted molar refractivity (Wildman–Crippen MR) is 627 cm³/mol. The van der Waals surface area contributed by atoms with Gasteiger partial charge in [-0.05, 0) is 340 Å². The van der Waals surface area contributed by atoms with Crippen LogP contribution in [-0.2, 0) is 25.6 Å². The third-order valence-corrected chi connectivity index (χ3v) is 34.9. The molecule has 4 N–H and O–H groups in total. The summed E-state index contributed by atoms with van der Waals surface area (Å²) in [5, 5.41) is 37.1. The second-order valence-corrected chi connectivity index (χ2v) is 52.1. The van der Waals surface area contributed by atoms with Gasteiger partial charge in [0.1, 0.15) is 18.3 Å². The summed E-state index contributed by atoms with van der Waals surface area (Å²) < 4.78 is 25.3. The average Bonchev–Trinajstić information content (AvgIpc) is 1.62. The lowest BCUT2D eigenvalue weighted by atomic mass is 9.75. The van der Waals surface area contributed by atoms with Crippen molar-refractivity contribution in [3.05, 3.63) is 107 Å². The number of rotatable bonds is 24. The Labute approximate surface area is 919 Å². The van der Waals surface area contributed by atoms with Crippen LogP contribution in [0.1, 0.15) is 463 Å². The molecule has 0 spiro atoms. The average molecular weight is 2090 g/mol. The van der Waals surface area contributed by atoms with Gasteiger partial charge in [-0.2, -0.15) is 10.5 Å². The van der Waals surface area contributed by atoms with Crippen LogP contribution in [0.5, 0.6) is 0 Å². The van der Waals surface area contributed by atoms with E-state index >= 15 is 0 Å². The second-order valence-electron chi connectivity index (χ2n) is 52.1. The monoisotopic (exact) mass is 2090 g/mol. The van der Waals surface area contributed by atoms with Gasteiger partial charge in [0, 0.05) is 107 Å². The number of nitrogens with one attached hydrogen (secondary N) is 3. The third-order valence-electron chi connectivity index (χ3n) is 34.9. The van der Waals surface area contributed by atoms with Crippen LogP contribution in [0.4, 0.5) is 8.78 Å². The lowest BCUT2D eigenvalue weighted by Gasteiger charge is -2.38. The predicted octanol–water partition coefficient (Wildman–Crippen LogP) is 31.5. The van der Waals surface area contributed by atoms with E-state index in [1.165, 1.54) is 167 Å². The number of nitriles is 2. The molecule has 3 aromatic rings. The Bertz CT molecular complexity index is 4170. The number of amides is 4. The zero-order valence-electron chi connectivity index (χ0n) is 101. The van der Waals surface area contributed by atoms with E-state index in [1.54, 1.807) is 18.2 Å². The number of carbonyl (C=O) groups excluding carboxylic acids is 6. The molecule has 15 rings (SSSR count). The minimum absolute atomic E-state index is 0.00106. The number of hydrogen-bond acceptors (Lipinski definition) is 12. The molecule has 0 radical (unpaired) electrons. The highest BCUT2D eigenvalue weighted by molar-refractivity contribution is 5.97. The number of alkyl halides is 2. The van der Waals surface area contributed by atoms with Crippen LogP contribution >= 0.6 is 0 Å². The standard InChI is InChI=1S/C16H23NO.C16H19NO.C15H20O.C14H27NO.C13H20N2O.C13H23NO.C12H25N.C11H22FN.C9H18FN.C9H18O.2C2H6/c1-13(2)15-9-6-10-17(12-15)16(18)11-14-7-4-3-5-8-14;1-12-5-7-13(8-6-12)10-16(18)15-4-2-3-14(9-15)11-17;1-12-7-9-13(10-8-12)11-15(16)14-5-3-2-4-6-14;1-10(2)9-14(16)15-13-7-5-12(6-8-13)11(3)4;1-10(2)11-4-3-7-15(8-11)12(16)13(9-14)5-6-13;1-10(2)12-4-3-7-14(9-12)13(15)8-11-5-6-11;1-9(2)11-5-7-12(8-6-11)13-10(3)4;1-11(2,3)10-4-7-13(8-5-10)9-6-12;1-9(2,3)7-4-5-11-6-8(7)10;1-7(2)8-4-3-5-9(10)6-8;2*1-2/h3-5,7-8,13,15H,6,9-12H2,1-2H3;2-4,9,12-13H,5-8,10H2,1H3;2-6,12-13H,7-11H2,1H3;10-13H,5-9H2,1-4H3,(H,15,16);10-11H,3-8H2,1-2H3;10-12H,3-9H2,1-2H3;9-13H,5-8H2,1-4H3;10H,4-9H2,1-3H3;7-8,11H,4-6H2,1-3H3;7-10H,3-6H2,1-2H3;2*1-2H3/t15-;;;;11-;12-;;;;8-,9-;;/m1...11...1../s1. The van der Waals surface area contributed by atoms with Gasteiger partial charge in [-0.15, -0.1) is 0 Å². The summed E-state index contributed by atoms with van der Waals surface area (Å²) in [6.07, 6.45) is 42.7. The fourth-order valence-electron chi connectivity index (χ4n) is 23.7. The molecular weight excluding hydrogens is 1860 g/mol. The fraction of sp³-hybridized carbons (Fsp3) is 0.803. The van der Waals surface area contributed by atoms with Gasteiger partial charge >= 0.3 is 0 Å². The molecule has 5 aliphatic heterocycles. The molecule has 0 aromatic heterocycles. The Morgan fingerprint density at radius 1 is 0.467 bits per heavy atom. The molecule has 856 valence electrons. The molecule has 12 aliphatic rings. The number of carbonyl (C=O) groups is 6. The Morgan fingerprint density at radius 3 is 1.29 bits per heavy atom. The SMILES string of the molecule is CC.CC.CC(C)(C)C1CCN(CCF)CC1.CC(C)(C)C1CCNCC1F.CC(C)CC(=O)NC1CCC(C(C)C)CC1.CC(C)NC1CCC(C(C)C)CC1.CC(C)[C@@H]1CCCN(C(=O)C2(C#N)CC2)C1.CC(C)[C@@H]1CCCN(C(=O)CC2CC2)C1.CC(C)[C@@H]1CCCN(C(=O)Cc2ccccc2)C1.CC(C)[C@@H]1CCC[C@@H](O)C1.CC1CCC(CC(=O)c2cccc(C#N)c2)CC1.CC1CCC(CC(=O)c2ccccc2)CC1. The number of nitrogens with zero attached hydrogens (tertiary/aromatic N) is 6. The molecular formula is C132H227F2N9O7. The maximum Gasteiger partial charge on any atom is 0.243 e. The maximum absolute atomic E-state index is 13.3. The topological polar surface area (TPSA) is 219 Å². The molecule has 16 nitrogen and oxygen atoms in total. The molecule has 5 heterocycles. The van der Waals surface area contributed by atoms with Crippen LogP contribution in [0.3, 0.4) is 0 Å². The molecule has 7 saturated carbocycles. The Hall–Kier alpha value is -6.44. The largest absolute Gasteiger partial charge is 0.393 e. The molecule has 0 bridgehead atoms. The van der Waals surface area contributed by atoms with E-state index in [0.29, 0.717) is 114 Å². The fourth-order valence-corrected chi connectivity index (χ4v) is 23.7. The van der Waals surface area contributed by atoms with Crippen molar-refractivity contribution in [1.29, 1.82) is 10.5 Å². The van der Waals surface area contributed by atoms with Gasteiger partial charge in [-0.25, -0.2) is 8.78 Å².